The van der Waals surface area contributed by atoms with Crippen molar-refractivity contribution in [2.75, 3.05) is 6.61 Å². The van der Waals surface area contributed by atoms with E-state index >= 15 is 0 Å². The van der Waals surface area contributed by atoms with E-state index in [0.29, 0.717) is 0 Å². The maximum atomic E-state index is 9.08. The number of aliphatic hydroxyl groups is 1. The van der Waals surface area contributed by atoms with Crippen LogP contribution in [0, 0.1) is 5.92 Å². The molecule has 1 aliphatic carbocycles. The summed E-state index contributed by atoms with van der Waals surface area (Å²) in [5.74, 6) is 0.862. The number of aliphatic hydroxyl groups excluding tert-OH is 1. The first kappa shape index (κ1) is 10.4. The summed E-state index contributed by atoms with van der Waals surface area (Å²) in [4.78, 5) is 0. The minimum Gasteiger partial charge on any atom is -0.394 e. The van der Waals surface area contributed by atoms with Gasteiger partial charge in [0.2, 0.25) is 0 Å². The Morgan fingerprint density at radius 3 is 2.86 bits per heavy atom. The predicted octanol–water partition coefficient (Wildman–Crippen LogP) is 2.50. The number of hydrogen-bond donors (Lipinski definition) is 1. The normalized spacial score (nSPS) is 43.3. The molecule has 14 heavy (non-hydrogen) atoms. The SMILES string of the molecule is CCC1CCCC2(CCC(CO)O2)C1. The summed E-state index contributed by atoms with van der Waals surface area (Å²) in [6.45, 7) is 2.49. The molecule has 1 saturated carbocycles. The molecule has 2 aliphatic rings. The van der Waals surface area contributed by atoms with Crippen LogP contribution in [0.25, 0.3) is 0 Å². The molecule has 0 amide bonds. The summed E-state index contributed by atoms with van der Waals surface area (Å²) in [6, 6.07) is 0. The molecule has 0 bridgehead atoms. The minimum atomic E-state index is 0.130. The maximum Gasteiger partial charge on any atom is 0.0814 e. The summed E-state index contributed by atoms with van der Waals surface area (Å²) in [5.41, 5.74) is 0.159. The molecule has 1 aliphatic heterocycles. The number of ether oxygens (including phenoxy) is 1. The molecule has 3 unspecified atom stereocenters. The van der Waals surface area contributed by atoms with Crippen molar-refractivity contribution in [2.45, 2.75) is 63.6 Å². The topological polar surface area (TPSA) is 29.5 Å². The van der Waals surface area contributed by atoms with Gasteiger partial charge < -0.3 is 9.84 Å². The second-order valence-electron chi connectivity index (χ2n) is 5.01. The lowest BCUT2D eigenvalue weighted by Crippen LogP contribution is -2.35. The van der Waals surface area contributed by atoms with Crippen LogP contribution in [-0.4, -0.2) is 23.4 Å². The highest BCUT2D eigenvalue weighted by atomic mass is 16.5. The van der Waals surface area contributed by atoms with Crippen molar-refractivity contribution in [2.24, 2.45) is 5.92 Å². The summed E-state index contributed by atoms with van der Waals surface area (Å²) in [7, 11) is 0. The van der Waals surface area contributed by atoms with Crippen molar-refractivity contribution in [1.82, 2.24) is 0 Å². The first-order valence-corrected chi connectivity index (χ1v) is 6.07. The molecule has 0 aromatic heterocycles. The van der Waals surface area contributed by atoms with E-state index in [1.54, 1.807) is 0 Å². The van der Waals surface area contributed by atoms with Crippen molar-refractivity contribution in [3.8, 4) is 0 Å². The lowest BCUT2D eigenvalue weighted by molar-refractivity contribution is -0.0887. The molecule has 1 saturated heterocycles. The van der Waals surface area contributed by atoms with Crippen molar-refractivity contribution in [3.05, 3.63) is 0 Å². The van der Waals surface area contributed by atoms with E-state index in [4.69, 9.17) is 9.84 Å². The standard InChI is InChI=1S/C12H22O2/c1-2-10-4-3-6-12(8-10)7-5-11(9-13)14-12/h10-11,13H,2-9H2,1H3. The van der Waals surface area contributed by atoms with Gasteiger partial charge in [0.05, 0.1) is 18.3 Å². The van der Waals surface area contributed by atoms with E-state index < -0.39 is 0 Å². The fraction of sp³-hybridized carbons (Fsp3) is 1.00. The Morgan fingerprint density at radius 2 is 2.21 bits per heavy atom. The fourth-order valence-corrected chi connectivity index (χ4v) is 3.15. The lowest BCUT2D eigenvalue weighted by Gasteiger charge is -2.37. The number of hydrogen-bond acceptors (Lipinski definition) is 2. The zero-order valence-corrected chi connectivity index (χ0v) is 9.17. The Hall–Kier alpha value is -0.0800. The van der Waals surface area contributed by atoms with Gasteiger partial charge in [0.25, 0.3) is 0 Å². The van der Waals surface area contributed by atoms with Gasteiger partial charge in [0, 0.05) is 0 Å². The van der Waals surface area contributed by atoms with E-state index in [-0.39, 0.29) is 18.3 Å². The molecule has 2 nitrogen and oxygen atoms in total. The summed E-state index contributed by atoms with van der Waals surface area (Å²) in [5, 5.41) is 9.08. The Morgan fingerprint density at radius 1 is 1.36 bits per heavy atom. The Balaban J connectivity index is 1.95. The second kappa shape index (κ2) is 4.19. The Labute approximate surface area is 86.6 Å². The van der Waals surface area contributed by atoms with Crippen LogP contribution in [0.3, 0.4) is 0 Å². The Kier molecular flexibility index (Phi) is 3.13. The van der Waals surface area contributed by atoms with Crippen LogP contribution in [0.5, 0.6) is 0 Å². The molecular weight excluding hydrogens is 176 g/mol. The third kappa shape index (κ3) is 1.96. The van der Waals surface area contributed by atoms with Crippen molar-refractivity contribution >= 4 is 0 Å². The van der Waals surface area contributed by atoms with Gasteiger partial charge in [-0.05, 0) is 31.6 Å². The highest BCUT2D eigenvalue weighted by Crippen LogP contribution is 2.44. The van der Waals surface area contributed by atoms with E-state index in [9.17, 15) is 0 Å². The zero-order chi connectivity index (χ0) is 10.0. The maximum absolute atomic E-state index is 9.08. The first-order valence-electron chi connectivity index (χ1n) is 6.07. The monoisotopic (exact) mass is 198 g/mol. The van der Waals surface area contributed by atoms with Crippen LogP contribution in [0.2, 0.25) is 0 Å². The molecule has 1 heterocycles. The first-order chi connectivity index (χ1) is 6.78. The lowest BCUT2D eigenvalue weighted by atomic mass is 9.76. The third-order valence-electron chi connectivity index (χ3n) is 4.03. The molecule has 2 rings (SSSR count). The van der Waals surface area contributed by atoms with Crippen molar-refractivity contribution in [1.29, 1.82) is 0 Å². The van der Waals surface area contributed by atoms with Crippen LogP contribution in [0.15, 0.2) is 0 Å². The van der Waals surface area contributed by atoms with E-state index in [1.807, 2.05) is 0 Å². The van der Waals surface area contributed by atoms with Gasteiger partial charge in [-0.3, -0.25) is 0 Å². The fourth-order valence-electron chi connectivity index (χ4n) is 3.15. The quantitative estimate of drug-likeness (QED) is 0.738. The van der Waals surface area contributed by atoms with Gasteiger partial charge in [0.1, 0.15) is 0 Å². The highest BCUT2D eigenvalue weighted by Gasteiger charge is 2.42. The molecule has 0 aromatic rings. The molecule has 2 heteroatoms. The van der Waals surface area contributed by atoms with Crippen LogP contribution in [-0.2, 0) is 4.74 Å². The molecule has 0 radical (unpaired) electrons. The average molecular weight is 198 g/mol. The summed E-state index contributed by atoms with van der Waals surface area (Å²) in [6.07, 6.45) is 8.81. The van der Waals surface area contributed by atoms with Gasteiger partial charge in [-0.1, -0.05) is 26.2 Å². The van der Waals surface area contributed by atoms with Gasteiger partial charge >= 0.3 is 0 Å². The highest BCUT2D eigenvalue weighted by molar-refractivity contribution is 4.93. The molecule has 1 spiro atoms. The zero-order valence-electron chi connectivity index (χ0n) is 9.17. The number of rotatable bonds is 2. The largest absolute Gasteiger partial charge is 0.394 e. The molecule has 82 valence electrons. The molecule has 2 fully saturated rings. The van der Waals surface area contributed by atoms with Gasteiger partial charge in [-0.15, -0.1) is 0 Å². The predicted molar refractivity (Wildman–Crippen MR) is 56.2 cm³/mol. The summed E-state index contributed by atoms with van der Waals surface area (Å²) < 4.78 is 6.02. The smallest absolute Gasteiger partial charge is 0.0814 e. The van der Waals surface area contributed by atoms with Crippen LogP contribution < -0.4 is 0 Å². The van der Waals surface area contributed by atoms with Crippen LogP contribution in [0.1, 0.15) is 51.9 Å². The average Bonchev–Trinajstić information content (AvgIpc) is 2.61. The summed E-state index contributed by atoms with van der Waals surface area (Å²) >= 11 is 0. The Bertz CT molecular complexity index is 193. The van der Waals surface area contributed by atoms with Gasteiger partial charge in [0.15, 0.2) is 0 Å². The van der Waals surface area contributed by atoms with Gasteiger partial charge in [-0.25, -0.2) is 0 Å². The van der Waals surface area contributed by atoms with E-state index in [0.717, 1.165) is 12.3 Å². The van der Waals surface area contributed by atoms with E-state index in [1.165, 1.54) is 38.5 Å². The molecule has 1 N–H and O–H groups in total. The van der Waals surface area contributed by atoms with Crippen molar-refractivity contribution in [3.63, 3.8) is 0 Å². The van der Waals surface area contributed by atoms with Crippen LogP contribution >= 0.6 is 0 Å². The molecule has 3 atom stereocenters. The van der Waals surface area contributed by atoms with E-state index in [2.05, 4.69) is 6.92 Å². The second-order valence-corrected chi connectivity index (χ2v) is 5.01. The third-order valence-corrected chi connectivity index (χ3v) is 4.03. The van der Waals surface area contributed by atoms with Crippen molar-refractivity contribution < 1.29 is 9.84 Å². The minimum absolute atomic E-state index is 0.130. The molecule has 0 aromatic carbocycles. The van der Waals surface area contributed by atoms with Gasteiger partial charge in [-0.2, -0.15) is 0 Å². The van der Waals surface area contributed by atoms with Crippen LogP contribution in [0.4, 0.5) is 0 Å². The molecular formula is C12H22O2.